The maximum absolute atomic E-state index is 5.85. The van der Waals surface area contributed by atoms with E-state index >= 15 is 0 Å². The number of benzene rings is 2. The SMILES string of the molecule is Cc1cc(/C=C2\Sc3ccc4ccccc4c3N2C)cc(C)[n+]1CC1CCCO1. The third-order valence-electron chi connectivity index (χ3n) is 6.05. The molecule has 1 atom stereocenters. The van der Waals surface area contributed by atoms with E-state index in [-0.39, 0.29) is 0 Å². The van der Waals surface area contributed by atoms with Crippen LogP contribution in [0.2, 0.25) is 0 Å². The van der Waals surface area contributed by atoms with Crippen LogP contribution in [0, 0.1) is 13.8 Å². The number of ether oxygens (including phenoxy) is 1. The van der Waals surface area contributed by atoms with Crippen molar-refractivity contribution in [2.45, 2.75) is 44.2 Å². The second-order valence-electron chi connectivity index (χ2n) is 8.09. The van der Waals surface area contributed by atoms with Gasteiger partial charge in [0.25, 0.3) is 0 Å². The molecule has 2 aliphatic rings. The first-order valence-electron chi connectivity index (χ1n) is 10.4. The van der Waals surface area contributed by atoms with Crippen LogP contribution in [0.15, 0.2) is 58.5 Å². The van der Waals surface area contributed by atoms with Crippen molar-refractivity contribution in [2.24, 2.45) is 0 Å². The number of anilines is 1. The van der Waals surface area contributed by atoms with Crippen LogP contribution in [-0.4, -0.2) is 19.8 Å². The molecular weight excluding hydrogens is 376 g/mol. The Morgan fingerprint density at radius 2 is 1.93 bits per heavy atom. The summed E-state index contributed by atoms with van der Waals surface area (Å²) >= 11 is 1.86. The number of nitrogens with zero attached hydrogens (tertiary/aromatic N) is 2. The number of pyridine rings is 1. The van der Waals surface area contributed by atoms with Gasteiger partial charge in [-0.15, -0.1) is 0 Å². The van der Waals surface area contributed by atoms with E-state index in [1.807, 2.05) is 11.8 Å². The molecular formula is C25H27N2OS+. The molecule has 0 N–H and O–H groups in total. The van der Waals surface area contributed by atoms with Crippen LogP contribution >= 0.6 is 11.8 Å². The lowest BCUT2D eigenvalue weighted by atomic mass is 10.1. The normalized spacial score (nSPS) is 20.0. The molecule has 2 aliphatic heterocycles. The first-order chi connectivity index (χ1) is 14.1. The fourth-order valence-electron chi connectivity index (χ4n) is 4.54. The molecule has 1 saturated heterocycles. The van der Waals surface area contributed by atoms with Crippen LogP contribution in [0.25, 0.3) is 16.8 Å². The Bertz CT molecular complexity index is 1090. The summed E-state index contributed by atoms with van der Waals surface area (Å²) in [5, 5.41) is 3.88. The topological polar surface area (TPSA) is 16.4 Å². The second kappa shape index (κ2) is 7.51. The van der Waals surface area contributed by atoms with Gasteiger partial charge in [-0.25, -0.2) is 0 Å². The van der Waals surface area contributed by atoms with E-state index in [1.54, 1.807) is 0 Å². The van der Waals surface area contributed by atoms with E-state index in [9.17, 15) is 0 Å². The van der Waals surface area contributed by atoms with Crippen LogP contribution in [0.1, 0.15) is 29.8 Å². The summed E-state index contributed by atoms with van der Waals surface area (Å²) in [6, 6.07) is 17.7. The van der Waals surface area contributed by atoms with E-state index in [0.717, 1.165) is 13.2 Å². The van der Waals surface area contributed by atoms with Crippen molar-refractivity contribution in [3.8, 4) is 0 Å². The van der Waals surface area contributed by atoms with Crippen molar-refractivity contribution in [3.05, 3.63) is 70.5 Å². The Morgan fingerprint density at radius 3 is 2.69 bits per heavy atom. The molecule has 1 unspecified atom stereocenters. The van der Waals surface area contributed by atoms with Gasteiger partial charge in [-0.1, -0.05) is 42.1 Å². The highest BCUT2D eigenvalue weighted by atomic mass is 32.2. The average Bonchev–Trinajstić information content (AvgIpc) is 3.33. The second-order valence-corrected chi connectivity index (χ2v) is 9.16. The Kier molecular flexibility index (Phi) is 4.84. The smallest absolute Gasteiger partial charge is 0.179 e. The molecule has 0 bridgehead atoms. The lowest BCUT2D eigenvalue weighted by Crippen LogP contribution is -2.45. The van der Waals surface area contributed by atoms with E-state index < -0.39 is 0 Å². The number of fused-ring (bicyclic) bond motifs is 3. The minimum atomic E-state index is 0.362. The van der Waals surface area contributed by atoms with E-state index in [4.69, 9.17) is 4.74 Å². The summed E-state index contributed by atoms with van der Waals surface area (Å²) in [6.45, 7) is 6.28. The van der Waals surface area contributed by atoms with Crippen molar-refractivity contribution in [1.29, 1.82) is 0 Å². The van der Waals surface area contributed by atoms with Gasteiger partial charge in [-0.05, 0) is 35.9 Å². The molecule has 148 valence electrons. The lowest BCUT2D eigenvalue weighted by molar-refractivity contribution is -0.714. The Morgan fingerprint density at radius 1 is 1.14 bits per heavy atom. The van der Waals surface area contributed by atoms with Gasteiger partial charge in [0, 0.05) is 49.9 Å². The van der Waals surface area contributed by atoms with Gasteiger partial charge >= 0.3 is 0 Å². The zero-order chi connectivity index (χ0) is 20.0. The largest absolute Gasteiger partial charge is 0.372 e. The fourth-order valence-corrected chi connectivity index (χ4v) is 5.67. The molecule has 4 heteroatoms. The Hall–Kier alpha value is -2.30. The molecule has 0 spiro atoms. The number of aromatic nitrogens is 1. The number of rotatable bonds is 3. The predicted octanol–water partition coefficient (Wildman–Crippen LogP) is 5.46. The van der Waals surface area contributed by atoms with Crippen molar-refractivity contribution in [3.63, 3.8) is 0 Å². The van der Waals surface area contributed by atoms with Gasteiger partial charge in [-0.2, -0.15) is 4.57 Å². The highest BCUT2D eigenvalue weighted by Crippen LogP contribution is 2.49. The maximum Gasteiger partial charge on any atom is 0.179 e. The van der Waals surface area contributed by atoms with E-state index in [2.05, 4.69) is 85.0 Å². The summed E-state index contributed by atoms with van der Waals surface area (Å²) in [6.07, 6.45) is 5.04. The molecule has 0 radical (unpaired) electrons. The minimum Gasteiger partial charge on any atom is -0.372 e. The van der Waals surface area contributed by atoms with Crippen molar-refractivity contribution >= 4 is 34.3 Å². The zero-order valence-corrected chi connectivity index (χ0v) is 18.1. The van der Waals surface area contributed by atoms with Crippen LogP contribution in [0.3, 0.4) is 0 Å². The summed E-state index contributed by atoms with van der Waals surface area (Å²) < 4.78 is 8.24. The number of aryl methyl sites for hydroxylation is 2. The molecule has 3 heterocycles. The summed E-state index contributed by atoms with van der Waals surface area (Å²) in [4.78, 5) is 3.66. The fraction of sp³-hybridized carbons (Fsp3) is 0.320. The third-order valence-corrected chi connectivity index (χ3v) is 7.20. The quantitative estimate of drug-likeness (QED) is 0.540. The van der Waals surface area contributed by atoms with Gasteiger partial charge in [-0.3, -0.25) is 0 Å². The minimum absolute atomic E-state index is 0.362. The molecule has 3 nitrogen and oxygen atoms in total. The van der Waals surface area contributed by atoms with E-state index in [1.165, 1.54) is 56.2 Å². The first-order valence-corrected chi connectivity index (χ1v) is 11.2. The molecule has 5 rings (SSSR count). The third kappa shape index (κ3) is 3.45. The van der Waals surface area contributed by atoms with Crippen LogP contribution in [-0.2, 0) is 11.3 Å². The Balaban J connectivity index is 1.46. The lowest BCUT2D eigenvalue weighted by Gasteiger charge is -2.16. The molecule has 0 aliphatic carbocycles. The van der Waals surface area contributed by atoms with Crippen LogP contribution < -0.4 is 9.47 Å². The monoisotopic (exact) mass is 403 g/mol. The first kappa shape index (κ1) is 18.7. The average molecular weight is 404 g/mol. The highest BCUT2D eigenvalue weighted by molar-refractivity contribution is 8.04. The molecule has 1 aromatic heterocycles. The highest BCUT2D eigenvalue weighted by Gasteiger charge is 2.26. The van der Waals surface area contributed by atoms with Gasteiger partial charge in [0.1, 0.15) is 6.10 Å². The zero-order valence-electron chi connectivity index (χ0n) is 17.3. The van der Waals surface area contributed by atoms with Crippen molar-refractivity contribution in [1.82, 2.24) is 0 Å². The van der Waals surface area contributed by atoms with Gasteiger partial charge in [0.05, 0.1) is 10.7 Å². The van der Waals surface area contributed by atoms with Crippen LogP contribution in [0.5, 0.6) is 0 Å². The molecule has 1 fully saturated rings. The summed E-state index contributed by atoms with van der Waals surface area (Å²) in [5.74, 6) is 0. The summed E-state index contributed by atoms with van der Waals surface area (Å²) in [7, 11) is 2.18. The molecule has 2 aromatic carbocycles. The molecule has 0 saturated carbocycles. The van der Waals surface area contributed by atoms with Gasteiger partial charge in [0.2, 0.25) is 0 Å². The standard InChI is InChI=1S/C25H27N2OS/c1-17-13-19(14-18(2)27(17)16-21-8-6-12-28-21)15-24-26(3)25-22-9-5-4-7-20(22)10-11-23(25)29-24/h4-5,7,9-11,13-15,21H,6,8,12,16H2,1-3H3/q+1. The number of hydrogen-bond donors (Lipinski definition) is 0. The van der Waals surface area contributed by atoms with Gasteiger partial charge < -0.3 is 9.64 Å². The number of hydrogen-bond acceptors (Lipinski definition) is 3. The maximum atomic E-state index is 5.85. The van der Waals surface area contributed by atoms with Crippen molar-refractivity contribution < 1.29 is 9.30 Å². The number of thioether (sulfide) groups is 1. The molecule has 3 aromatic rings. The van der Waals surface area contributed by atoms with Crippen LogP contribution in [0.4, 0.5) is 5.69 Å². The Labute approximate surface area is 177 Å². The molecule has 0 amide bonds. The molecule has 29 heavy (non-hydrogen) atoms. The van der Waals surface area contributed by atoms with Gasteiger partial charge in [0.15, 0.2) is 17.9 Å². The summed E-state index contributed by atoms with van der Waals surface area (Å²) in [5.41, 5.74) is 5.16. The van der Waals surface area contributed by atoms with Crippen molar-refractivity contribution in [2.75, 3.05) is 18.6 Å². The predicted molar refractivity (Wildman–Crippen MR) is 121 cm³/mol. The van der Waals surface area contributed by atoms with E-state index in [0.29, 0.717) is 6.10 Å².